The number of carbonyl (C=O) groups excluding carboxylic acids is 1. The minimum Gasteiger partial charge on any atom is -0.486 e. The van der Waals surface area contributed by atoms with E-state index in [0.717, 1.165) is 23.5 Å². The van der Waals surface area contributed by atoms with E-state index in [0.29, 0.717) is 38.1 Å². The van der Waals surface area contributed by atoms with Crippen molar-refractivity contribution in [2.24, 2.45) is 5.92 Å². The van der Waals surface area contributed by atoms with Crippen LogP contribution in [-0.2, 0) is 17.8 Å². The van der Waals surface area contributed by atoms with Gasteiger partial charge >= 0.3 is 0 Å². The topological polar surface area (TPSA) is 38.8 Å². The van der Waals surface area contributed by atoms with E-state index in [-0.39, 0.29) is 5.91 Å². The fraction of sp³-hybridized carbons (Fsp3) is 0.435. The average molecular weight is 365 g/mol. The van der Waals surface area contributed by atoms with E-state index in [2.05, 4.69) is 24.0 Å². The highest BCUT2D eigenvalue weighted by molar-refractivity contribution is 5.77. The Hall–Kier alpha value is -2.49. The number of carbonyl (C=O) groups is 1. The summed E-state index contributed by atoms with van der Waals surface area (Å²) in [7, 11) is 0. The minimum absolute atomic E-state index is 0.230. The van der Waals surface area contributed by atoms with Gasteiger partial charge in [-0.2, -0.15) is 0 Å². The van der Waals surface area contributed by atoms with E-state index in [4.69, 9.17) is 9.47 Å². The summed E-state index contributed by atoms with van der Waals surface area (Å²) >= 11 is 0. The molecule has 1 fully saturated rings. The second kappa shape index (κ2) is 8.03. The molecule has 2 aromatic rings. The standard InChI is InChI=1S/C23H27NO3/c1-17(20-9-10-20)24(16-19-5-3-2-4-6-19)23(25)12-8-18-7-11-21-22(15-18)27-14-13-26-21/h2-7,11,15,17,20H,8-10,12-14,16H2,1H3. The summed E-state index contributed by atoms with van der Waals surface area (Å²) in [6.07, 6.45) is 3.71. The van der Waals surface area contributed by atoms with Crippen molar-refractivity contribution < 1.29 is 14.3 Å². The highest BCUT2D eigenvalue weighted by Crippen LogP contribution is 2.36. The molecule has 142 valence electrons. The summed E-state index contributed by atoms with van der Waals surface area (Å²) in [4.78, 5) is 15.1. The van der Waals surface area contributed by atoms with Crippen LogP contribution in [0.15, 0.2) is 48.5 Å². The first-order chi connectivity index (χ1) is 13.2. The maximum atomic E-state index is 13.1. The van der Waals surface area contributed by atoms with Gasteiger partial charge in [0.05, 0.1) is 0 Å². The van der Waals surface area contributed by atoms with Crippen molar-refractivity contribution in [2.45, 2.75) is 45.2 Å². The molecule has 27 heavy (non-hydrogen) atoms. The molecule has 1 saturated carbocycles. The molecule has 0 N–H and O–H groups in total. The summed E-state index contributed by atoms with van der Waals surface area (Å²) in [5, 5.41) is 0. The summed E-state index contributed by atoms with van der Waals surface area (Å²) in [6, 6.07) is 16.6. The fourth-order valence-electron chi connectivity index (χ4n) is 3.71. The van der Waals surface area contributed by atoms with Gasteiger partial charge in [0, 0.05) is 19.0 Å². The molecule has 0 radical (unpaired) electrons. The van der Waals surface area contributed by atoms with Crippen LogP contribution in [0, 0.1) is 5.92 Å². The smallest absolute Gasteiger partial charge is 0.223 e. The monoisotopic (exact) mass is 365 g/mol. The van der Waals surface area contributed by atoms with Gasteiger partial charge in [0.2, 0.25) is 5.91 Å². The zero-order valence-corrected chi connectivity index (χ0v) is 15.9. The lowest BCUT2D eigenvalue weighted by atomic mass is 10.1. The number of hydrogen-bond acceptors (Lipinski definition) is 3. The Kier molecular flexibility index (Phi) is 5.33. The van der Waals surface area contributed by atoms with Crippen LogP contribution in [0.2, 0.25) is 0 Å². The molecule has 1 amide bonds. The number of benzene rings is 2. The molecule has 0 aromatic heterocycles. The van der Waals surface area contributed by atoms with Gasteiger partial charge in [-0.05, 0) is 55.4 Å². The lowest BCUT2D eigenvalue weighted by Gasteiger charge is -2.30. The molecule has 0 saturated heterocycles. The minimum atomic E-state index is 0.230. The van der Waals surface area contributed by atoms with Gasteiger partial charge in [0.25, 0.3) is 0 Å². The quantitative estimate of drug-likeness (QED) is 0.737. The molecule has 2 aromatic carbocycles. The second-order valence-electron chi connectivity index (χ2n) is 7.56. The Morgan fingerprint density at radius 2 is 1.78 bits per heavy atom. The van der Waals surface area contributed by atoms with Crippen molar-refractivity contribution in [1.29, 1.82) is 0 Å². The van der Waals surface area contributed by atoms with Crippen molar-refractivity contribution in [3.63, 3.8) is 0 Å². The van der Waals surface area contributed by atoms with E-state index in [1.165, 1.54) is 18.4 Å². The van der Waals surface area contributed by atoms with Crippen LogP contribution in [0.25, 0.3) is 0 Å². The third kappa shape index (κ3) is 4.44. The van der Waals surface area contributed by atoms with Crippen LogP contribution < -0.4 is 9.47 Å². The van der Waals surface area contributed by atoms with E-state index in [1.807, 2.05) is 36.4 Å². The molecule has 4 nitrogen and oxygen atoms in total. The number of nitrogens with zero attached hydrogens (tertiary/aromatic N) is 1. The lowest BCUT2D eigenvalue weighted by molar-refractivity contribution is -0.134. The predicted octanol–water partition coefficient (Wildman–Crippen LogP) is 4.22. The highest BCUT2D eigenvalue weighted by atomic mass is 16.6. The largest absolute Gasteiger partial charge is 0.486 e. The molecule has 1 aliphatic carbocycles. The first-order valence-electron chi connectivity index (χ1n) is 9.92. The van der Waals surface area contributed by atoms with E-state index < -0.39 is 0 Å². The molecular formula is C23H27NO3. The number of rotatable bonds is 7. The van der Waals surface area contributed by atoms with Gasteiger partial charge in [0.15, 0.2) is 11.5 Å². The van der Waals surface area contributed by atoms with Gasteiger partial charge in [-0.25, -0.2) is 0 Å². The van der Waals surface area contributed by atoms with Crippen LogP contribution >= 0.6 is 0 Å². The van der Waals surface area contributed by atoms with E-state index >= 15 is 0 Å². The van der Waals surface area contributed by atoms with Crippen LogP contribution in [0.1, 0.15) is 37.3 Å². The summed E-state index contributed by atoms with van der Waals surface area (Å²) in [6.45, 7) is 4.07. The van der Waals surface area contributed by atoms with Gasteiger partial charge < -0.3 is 14.4 Å². The van der Waals surface area contributed by atoms with Crippen LogP contribution in [0.4, 0.5) is 0 Å². The van der Waals surface area contributed by atoms with Crippen LogP contribution in [0.5, 0.6) is 11.5 Å². The summed E-state index contributed by atoms with van der Waals surface area (Å²) in [5.74, 6) is 2.48. The van der Waals surface area contributed by atoms with E-state index in [9.17, 15) is 4.79 Å². The molecule has 1 unspecified atom stereocenters. The lowest BCUT2D eigenvalue weighted by Crippen LogP contribution is -2.39. The van der Waals surface area contributed by atoms with Crippen molar-refractivity contribution in [1.82, 2.24) is 4.90 Å². The average Bonchev–Trinajstić information content (AvgIpc) is 3.56. The van der Waals surface area contributed by atoms with Gasteiger partial charge in [-0.3, -0.25) is 4.79 Å². The number of aryl methyl sites for hydroxylation is 1. The van der Waals surface area contributed by atoms with Crippen molar-refractivity contribution in [2.75, 3.05) is 13.2 Å². The Morgan fingerprint density at radius 3 is 2.52 bits per heavy atom. The van der Waals surface area contributed by atoms with E-state index in [1.54, 1.807) is 0 Å². The Bertz CT molecular complexity index is 785. The first-order valence-corrected chi connectivity index (χ1v) is 9.92. The first kappa shape index (κ1) is 17.9. The molecule has 4 rings (SSSR count). The Morgan fingerprint density at radius 1 is 1.04 bits per heavy atom. The molecule has 4 heteroatoms. The van der Waals surface area contributed by atoms with Gasteiger partial charge in [0.1, 0.15) is 13.2 Å². The van der Waals surface area contributed by atoms with Crippen LogP contribution in [0.3, 0.4) is 0 Å². The highest BCUT2D eigenvalue weighted by Gasteiger charge is 2.34. The van der Waals surface area contributed by atoms with Crippen molar-refractivity contribution in [3.05, 3.63) is 59.7 Å². The Balaban J connectivity index is 1.42. The van der Waals surface area contributed by atoms with Crippen molar-refractivity contribution >= 4 is 5.91 Å². The predicted molar refractivity (Wildman–Crippen MR) is 105 cm³/mol. The van der Waals surface area contributed by atoms with Crippen molar-refractivity contribution in [3.8, 4) is 11.5 Å². The Labute approximate surface area is 161 Å². The molecule has 2 aliphatic rings. The molecule has 0 bridgehead atoms. The maximum absolute atomic E-state index is 13.1. The van der Waals surface area contributed by atoms with Gasteiger partial charge in [-0.15, -0.1) is 0 Å². The molecule has 0 spiro atoms. The third-order valence-electron chi connectivity index (χ3n) is 5.55. The third-order valence-corrected chi connectivity index (χ3v) is 5.55. The number of hydrogen-bond donors (Lipinski definition) is 0. The molecular weight excluding hydrogens is 338 g/mol. The SMILES string of the molecule is CC(C1CC1)N(Cc1ccccc1)C(=O)CCc1ccc2c(c1)OCCO2. The zero-order valence-electron chi connectivity index (χ0n) is 15.9. The normalized spacial score (nSPS) is 16.6. The number of amides is 1. The van der Waals surface area contributed by atoms with Crippen LogP contribution in [-0.4, -0.2) is 30.1 Å². The fourth-order valence-corrected chi connectivity index (χ4v) is 3.71. The molecule has 1 heterocycles. The molecule has 1 atom stereocenters. The zero-order chi connectivity index (χ0) is 18.6. The maximum Gasteiger partial charge on any atom is 0.223 e. The summed E-state index contributed by atoms with van der Waals surface area (Å²) < 4.78 is 11.2. The number of ether oxygens (including phenoxy) is 2. The molecule has 1 aliphatic heterocycles. The number of fused-ring (bicyclic) bond motifs is 1. The summed E-state index contributed by atoms with van der Waals surface area (Å²) in [5.41, 5.74) is 2.31. The second-order valence-corrected chi connectivity index (χ2v) is 7.56. The van der Waals surface area contributed by atoms with Gasteiger partial charge in [-0.1, -0.05) is 36.4 Å².